The second-order valence-electron chi connectivity index (χ2n) is 3.25. The SMILES string of the molecule is COc1cnc(C(C)(O)CN)c(OC)n1. The molecule has 0 radical (unpaired) electrons. The average Bonchev–Trinajstić information content (AvgIpc) is 2.28. The molecule has 1 atom stereocenters. The lowest BCUT2D eigenvalue weighted by molar-refractivity contribution is 0.0582. The van der Waals surface area contributed by atoms with E-state index >= 15 is 0 Å². The minimum absolute atomic E-state index is 0.0321. The number of hydrogen-bond acceptors (Lipinski definition) is 6. The Morgan fingerprint density at radius 2 is 2.13 bits per heavy atom. The number of aromatic nitrogens is 2. The summed E-state index contributed by atoms with van der Waals surface area (Å²) in [5.74, 6) is 0.535. The quantitative estimate of drug-likeness (QED) is 0.711. The topological polar surface area (TPSA) is 90.5 Å². The highest BCUT2D eigenvalue weighted by Gasteiger charge is 2.28. The van der Waals surface area contributed by atoms with E-state index in [0.717, 1.165) is 0 Å². The van der Waals surface area contributed by atoms with Crippen LogP contribution in [0.2, 0.25) is 0 Å². The van der Waals surface area contributed by atoms with Crippen molar-refractivity contribution in [3.05, 3.63) is 11.9 Å². The van der Waals surface area contributed by atoms with Crippen LogP contribution in [0, 0.1) is 0 Å². The lowest BCUT2D eigenvalue weighted by Crippen LogP contribution is -2.33. The first-order valence-corrected chi connectivity index (χ1v) is 4.43. The number of rotatable bonds is 4. The fraction of sp³-hybridized carbons (Fsp3) is 0.556. The first-order valence-electron chi connectivity index (χ1n) is 4.43. The Hall–Kier alpha value is -1.40. The molecule has 0 saturated carbocycles. The summed E-state index contributed by atoms with van der Waals surface area (Å²) in [6, 6.07) is 0. The highest BCUT2D eigenvalue weighted by atomic mass is 16.5. The van der Waals surface area contributed by atoms with Gasteiger partial charge in [0, 0.05) is 6.54 Å². The molecule has 0 fully saturated rings. The summed E-state index contributed by atoms with van der Waals surface area (Å²) in [5, 5.41) is 9.92. The van der Waals surface area contributed by atoms with E-state index in [4.69, 9.17) is 15.2 Å². The van der Waals surface area contributed by atoms with Gasteiger partial charge < -0.3 is 20.3 Å². The van der Waals surface area contributed by atoms with Crippen molar-refractivity contribution in [1.82, 2.24) is 9.97 Å². The minimum atomic E-state index is -1.26. The molecule has 0 bridgehead atoms. The zero-order chi connectivity index (χ0) is 11.5. The van der Waals surface area contributed by atoms with Gasteiger partial charge in [-0.2, -0.15) is 4.98 Å². The van der Waals surface area contributed by atoms with Crippen LogP contribution in [0.4, 0.5) is 0 Å². The number of methoxy groups -OCH3 is 2. The molecule has 0 aliphatic heterocycles. The second kappa shape index (κ2) is 4.41. The lowest BCUT2D eigenvalue weighted by atomic mass is 10.0. The predicted octanol–water partition coefficient (Wildman–Crippen LogP) is -0.340. The molecule has 15 heavy (non-hydrogen) atoms. The van der Waals surface area contributed by atoms with Crippen molar-refractivity contribution >= 4 is 0 Å². The Morgan fingerprint density at radius 1 is 1.47 bits per heavy atom. The van der Waals surface area contributed by atoms with Gasteiger partial charge in [-0.25, -0.2) is 4.98 Å². The van der Waals surface area contributed by atoms with Crippen LogP contribution >= 0.6 is 0 Å². The molecular weight excluding hydrogens is 198 g/mol. The van der Waals surface area contributed by atoms with E-state index < -0.39 is 5.60 Å². The summed E-state index contributed by atoms with van der Waals surface area (Å²) in [4.78, 5) is 8.02. The molecule has 0 aromatic carbocycles. The van der Waals surface area contributed by atoms with Crippen molar-refractivity contribution in [3.63, 3.8) is 0 Å². The molecule has 0 spiro atoms. The number of aliphatic hydroxyl groups is 1. The van der Waals surface area contributed by atoms with Gasteiger partial charge in [0.05, 0.1) is 20.4 Å². The van der Waals surface area contributed by atoms with Gasteiger partial charge in [-0.1, -0.05) is 0 Å². The molecule has 6 heteroatoms. The van der Waals surface area contributed by atoms with Crippen LogP contribution in [0.3, 0.4) is 0 Å². The fourth-order valence-electron chi connectivity index (χ4n) is 1.06. The van der Waals surface area contributed by atoms with E-state index in [0.29, 0.717) is 11.6 Å². The predicted molar refractivity (Wildman–Crippen MR) is 53.8 cm³/mol. The zero-order valence-electron chi connectivity index (χ0n) is 9.02. The van der Waals surface area contributed by atoms with Gasteiger partial charge in [0.2, 0.25) is 11.8 Å². The summed E-state index contributed by atoms with van der Waals surface area (Å²) in [7, 11) is 2.92. The molecular formula is C9H15N3O3. The van der Waals surface area contributed by atoms with Gasteiger partial charge >= 0.3 is 0 Å². The third kappa shape index (κ3) is 2.34. The molecule has 84 valence electrons. The van der Waals surface area contributed by atoms with E-state index in [9.17, 15) is 5.11 Å². The van der Waals surface area contributed by atoms with Gasteiger partial charge in [-0.15, -0.1) is 0 Å². The number of hydrogen-bond donors (Lipinski definition) is 2. The molecule has 0 amide bonds. The summed E-state index contributed by atoms with van der Waals surface area (Å²) in [6.45, 7) is 1.58. The highest BCUT2D eigenvalue weighted by Crippen LogP contribution is 2.26. The monoisotopic (exact) mass is 213 g/mol. The Kier molecular flexibility index (Phi) is 3.43. The van der Waals surface area contributed by atoms with Crippen molar-refractivity contribution in [1.29, 1.82) is 0 Å². The van der Waals surface area contributed by atoms with Gasteiger partial charge in [-0.05, 0) is 6.92 Å². The standard InChI is InChI=1S/C9H15N3O3/c1-9(13,5-10)7-8(15-3)12-6(14-2)4-11-7/h4,13H,5,10H2,1-3H3. The molecule has 0 aliphatic carbocycles. The number of ether oxygens (including phenoxy) is 2. The molecule has 0 aliphatic rings. The van der Waals surface area contributed by atoms with E-state index in [1.54, 1.807) is 6.92 Å². The van der Waals surface area contributed by atoms with Gasteiger partial charge in [-0.3, -0.25) is 0 Å². The van der Waals surface area contributed by atoms with Crippen molar-refractivity contribution < 1.29 is 14.6 Å². The molecule has 0 saturated heterocycles. The van der Waals surface area contributed by atoms with Crippen molar-refractivity contribution in [2.24, 2.45) is 5.73 Å². The van der Waals surface area contributed by atoms with Crippen molar-refractivity contribution in [2.75, 3.05) is 20.8 Å². The van der Waals surface area contributed by atoms with E-state index in [-0.39, 0.29) is 12.4 Å². The lowest BCUT2D eigenvalue weighted by Gasteiger charge is -2.21. The number of nitrogens with two attached hydrogens (primary N) is 1. The van der Waals surface area contributed by atoms with Gasteiger partial charge in [0.25, 0.3) is 0 Å². The molecule has 1 rings (SSSR count). The molecule has 6 nitrogen and oxygen atoms in total. The molecule has 3 N–H and O–H groups in total. The minimum Gasteiger partial charge on any atom is -0.480 e. The third-order valence-corrected chi connectivity index (χ3v) is 2.03. The molecule has 1 aromatic rings. The Morgan fingerprint density at radius 3 is 2.60 bits per heavy atom. The highest BCUT2D eigenvalue weighted by molar-refractivity contribution is 5.27. The number of nitrogens with zero attached hydrogens (tertiary/aromatic N) is 2. The second-order valence-corrected chi connectivity index (χ2v) is 3.25. The summed E-state index contributed by atoms with van der Waals surface area (Å²) < 4.78 is 9.90. The maximum atomic E-state index is 9.92. The third-order valence-electron chi connectivity index (χ3n) is 2.03. The Labute approximate surface area is 88.1 Å². The average molecular weight is 213 g/mol. The largest absolute Gasteiger partial charge is 0.480 e. The van der Waals surface area contributed by atoms with Crippen LogP contribution in [-0.4, -0.2) is 35.8 Å². The summed E-state index contributed by atoms with van der Waals surface area (Å²) in [5.41, 5.74) is 4.47. The van der Waals surface area contributed by atoms with Crippen molar-refractivity contribution in [3.8, 4) is 11.8 Å². The molecule has 1 aromatic heterocycles. The van der Waals surface area contributed by atoms with E-state index in [2.05, 4.69) is 9.97 Å². The van der Waals surface area contributed by atoms with Crippen LogP contribution in [0.25, 0.3) is 0 Å². The van der Waals surface area contributed by atoms with Crippen LogP contribution in [-0.2, 0) is 5.60 Å². The fourth-order valence-corrected chi connectivity index (χ4v) is 1.06. The van der Waals surface area contributed by atoms with Crippen LogP contribution in [0.15, 0.2) is 6.20 Å². The Balaban J connectivity index is 3.18. The molecule has 1 unspecified atom stereocenters. The first kappa shape index (κ1) is 11.7. The van der Waals surface area contributed by atoms with Crippen molar-refractivity contribution in [2.45, 2.75) is 12.5 Å². The van der Waals surface area contributed by atoms with E-state index in [1.807, 2.05) is 0 Å². The maximum absolute atomic E-state index is 9.92. The zero-order valence-corrected chi connectivity index (χ0v) is 9.02. The summed E-state index contributed by atoms with van der Waals surface area (Å²) >= 11 is 0. The Bertz CT molecular complexity index is 341. The van der Waals surface area contributed by atoms with Crippen LogP contribution in [0.1, 0.15) is 12.6 Å². The maximum Gasteiger partial charge on any atom is 0.241 e. The van der Waals surface area contributed by atoms with Gasteiger partial charge in [0.15, 0.2) is 0 Å². The van der Waals surface area contributed by atoms with E-state index in [1.165, 1.54) is 20.4 Å². The first-order chi connectivity index (χ1) is 7.05. The summed E-state index contributed by atoms with van der Waals surface area (Å²) in [6.07, 6.45) is 1.40. The van der Waals surface area contributed by atoms with Crippen LogP contribution < -0.4 is 15.2 Å². The van der Waals surface area contributed by atoms with Gasteiger partial charge in [0.1, 0.15) is 11.3 Å². The smallest absolute Gasteiger partial charge is 0.241 e. The molecule has 1 heterocycles. The normalized spacial score (nSPS) is 14.5. The van der Waals surface area contributed by atoms with Crippen LogP contribution in [0.5, 0.6) is 11.8 Å².